The molecule has 0 fully saturated rings. The van der Waals surface area contributed by atoms with E-state index in [0.717, 1.165) is 0 Å². The smallest absolute Gasteiger partial charge is 0.150 e. The Kier molecular flexibility index (Phi) is 2.41. The number of benzene rings is 1. The predicted molar refractivity (Wildman–Crippen MR) is 56.9 cm³/mol. The third-order valence-corrected chi connectivity index (χ3v) is 2.53. The first kappa shape index (κ1) is 9.80. The van der Waals surface area contributed by atoms with Crippen molar-refractivity contribution in [3.8, 4) is 0 Å². The summed E-state index contributed by atoms with van der Waals surface area (Å²) >= 11 is 9.05. The summed E-state index contributed by atoms with van der Waals surface area (Å²) in [5.41, 5.74) is 0.255. The van der Waals surface area contributed by atoms with Gasteiger partial charge in [-0.05, 0) is 19.1 Å². The van der Waals surface area contributed by atoms with Crippen molar-refractivity contribution in [3.05, 3.63) is 33.4 Å². The van der Waals surface area contributed by atoms with Crippen molar-refractivity contribution < 1.29 is 4.39 Å². The molecule has 0 N–H and O–H groups in total. The van der Waals surface area contributed by atoms with Gasteiger partial charge in [-0.2, -0.15) is 0 Å². The van der Waals surface area contributed by atoms with Gasteiger partial charge in [-0.25, -0.2) is 14.4 Å². The van der Waals surface area contributed by atoms with Crippen LogP contribution in [0.25, 0.3) is 10.9 Å². The molecule has 0 amide bonds. The highest BCUT2D eigenvalue weighted by Gasteiger charge is 2.09. The minimum absolute atomic E-state index is 0.255. The van der Waals surface area contributed by atoms with E-state index in [-0.39, 0.29) is 10.7 Å². The third-order valence-electron chi connectivity index (χ3n) is 1.78. The van der Waals surface area contributed by atoms with Crippen molar-refractivity contribution >= 4 is 38.4 Å². The van der Waals surface area contributed by atoms with Gasteiger partial charge in [0.1, 0.15) is 16.5 Å². The molecule has 5 heteroatoms. The lowest BCUT2D eigenvalue weighted by Gasteiger charge is -2.02. The van der Waals surface area contributed by atoms with Crippen molar-refractivity contribution in [1.29, 1.82) is 0 Å². The fourth-order valence-electron chi connectivity index (χ4n) is 1.23. The molecule has 0 saturated carbocycles. The molecule has 0 bridgehead atoms. The summed E-state index contributed by atoms with van der Waals surface area (Å²) in [6, 6.07) is 3.05. The first-order chi connectivity index (χ1) is 6.58. The van der Waals surface area contributed by atoms with Crippen molar-refractivity contribution in [2.24, 2.45) is 0 Å². The summed E-state index contributed by atoms with van der Waals surface area (Å²) in [7, 11) is 0. The Hall–Kier alpha value is -0.740. The SMILES string of the molecule is Cc1nc(Cl)c2cc(Br)cc(F)c2n1. The molecule has 0 aliphatic carbocycles. The molecule has 0 aliphatic heterocycles. The first-order valence-corrected chi connectivity index (χ1v) is 5.04. The van der Waals surface area contributed by atoms with Gasteiger partial charge in [-0.1, -0.05) is 27.5 Å². The third kappa shape index (κ3) is 1.60. The number of nitrogens with zero attached hydrogens (tertiary/aromatic N) is 2. The molecule has 2 rings (SSSR count). The van der Waals surface area contributed by atoms with Gasteiger partial charge in [0, 0.05) is 9.86 Å². The standard InChI is InChI=1S/C9H5BrClFN2/c1-4-13-8-6(9(11)14-4)2-5(10)3-7(8)12/h2-3H,1H3. The van der Waals surface area contributed by atoms with E-state index >= 15 is 0 Å². The van der Waals surface area contributed by atoms with Crippen LogP contribution in [-0.2, 0) is 0 Å². The van der Waals surface area contributed by atoms with Crippen LogP contribution in [0.5, 0.6) is 0 Å². The summed E-state index contributed by atoms with van der Waals surface area (Å²) in [5, 5.41) is 0.789. The second-order valence-corrected chi connectivity index (χ2v) is 4.12. The molecular weight excluding hydrogens is 270 g/mol. The summed E-state index contributed by atoms with van der Waals surface area (Å²) in [4.78, 5) is 7.94. The monoisotopic (exact) mass is 274 g/mol. The Bertz CT molecular complexity index is 468. The average Bonchev–Trinajstić information content (AvgIpc) is 2.07. The Morgan fingerprint density at radius 2 is 2.07 bits per heavy atom. The first-order valence-electron chi connectivity index (χ1n) is 3.87. The van der Waals surface area contributed by atoms with Gasteiger partial charge < -0.3 is 0 Å². The van der Waals surface area contributed by atoms with E-state index in [1.54, 1.807) is 13.0 Å². The molecule has 2 nitrogen and oxygen atoms in total. The fraction of sp³-hybridized carbons (Fsp3) is 0.111. The summed E-state index contributed by atoms with van der Waals surface area (Å²) in [6.45, 7) is 1.67. The van der Waals surface area contributed by atoms with E-state index in [1.165, 1.54) is 6.07 Å². The van der Waals surface area contributed by atoms with E-state index in [0.29, 0.717) is 15.7 Å². The maximum absolute atomic E-state index is 13.4. The lowest BCUT2D eigenvalue weighted by atomic mass is 10.2. The molecule has 72 valence electrons. The minimum Gasteiger partial charge on any atom is -0.230 e. The summed E-state index contributed by atoms with van der Waals surface area (Å²) in [5.74, 6) is 0.0606. The van der Waals surface area contributed by atoms with E-state index in [4.69, 9.17) is 11.6 Å². The van der Waals surface area contributed by atoms with Gasteiger partial charge in [-0.3, -0.25) is 0 Å². The van der Waals surface area contributed by atoms with Gasteiger partial charge in [0.15, 0.2) is 5.82 Å². The van der Waals surface area contributed by atoms with Crippen molar-refractivity contribution in [1.82, 2.24) is 9.97 Å². The van der Waals surface area contributed by atoms with E-state index in [1.807, 2.05) is 0 Å². The molecule has 0 aliphatic rings. The molecule has 0 spiro atoms. The molecule has 0 saturated heterocycles. The van der Waals surface area contributed by atoms with Gasteiger partial charge in [0.05, 0.1) is 0 Å². The molecule has 0 atom stereocenters. The van der Waals surface area contributed by atoms with E-state index in [9.17, 15) is 4.39 Å². The molecular formula is C9H5BrClFN2. The maximum atomic E-state index is 13.4. The topological polar surface area (TPSA) is 25.8 Å². The van der Waals surface area contributed by atoms with Crippen molar-refractivity contribution in [2.45, 2.75) is 6.92 Å². The van der Waals surface area contributed by atoms with Gasteiger partial charge >= 0.3 is 0 Å². The number of hydrogen-bond acceptors (Lipinski definition) is 2. The second-order valence-electron chi connectivity index (χ2n) is 2.85. The highest BCUT2D eigenvalue weighted by atomic mass is 79.9. The lowest BCUT2D eigenvalue weighted by Crippen LogP contribution is -1.93. The number of rotatable bonds is 0. The zero-order valence-electron chi connectivity index (χ0n) is 7.18. The van der Waals surface area contributed by atoms with Crippen molar-refractivity contribution in [2.75, 3.05) is 0 Å². The quantitative estimate of drug-likeness (QED) is 0.688. The highest BCUT2D eigenvalue weighted by Crippen LogP contribution is 2.26. The van der Waals surface area contributed by atoms with Crippen molar-refractivity contribution in [3.63, 3.8) is 0 Å². The van der Waals surface area contributed by atoms with Crippen LogP contribution >= 0.6 is 27.5 Å². The van der Waals surface area contributed by atoms with Gasteiger partial charge in [-0.15, -0.1) is 0 Å². The molecule has 2 aromatic rings. The second kappa shape index (κ2) is 3.44. The molecule has 1 aromatic carbocycles. The minimum atomic E-state index is -0.401. The maximum Gasteiger partial charge on any atom is 0.150 e. The predicted octanol–water partition coefficient (Wildman–Crippen LogP) is 3.49. The lowest BCUT2D eigenvalue weighted by molar-refractivity contribution is 0.635. The number of aryl methyl sites for hydroxylation is 1. The summed E-state index contributed by atoms with van der Waals surface area (Å²) in [6.07, 6.45) is 0. The zero-order chi connectivity index (χ0) is 10.3. The Labute approximate surface area is 93.3 Å². The van der Waals surface area contributed by atoms with Crippen LogP contribution in [0.4, 0.5) is 4.39 Å². The average molecular weight is 276 g/mol. The fourth-order valence-corrected chi connectivity index (χ4v) is 1.92. The Balaban J connectivity index is 2.94. The van der Waals surface area contributed by atoms with Crippen LogP contribution in [0.3, 0.4) is 0 Å². The van der Waals surface area contributed by atoms with Crippen LogP contribution in [0.2, 0.25) is 5.15 Å². The highest BCUT2D eigenvalue weighted by molar-refractivity contribution is 9.10. The van der Waals surface area contributed by atoms with Crippen LogP contribution in [-0.4, -0.2) is 9.97 Å². The Morgan fingerprint density at radius 3 is 2.79 bits per heavy atom. The van der Waals surface area contributed by atoms with Crippen LogP contribution in [0.15, 0.2) is 16.6 Å². The van der Waals surface area contributed by atoms with Gasteiger partial charge in [0.2, 0.25) is 0 Å². The number of hydrogen-bond donors (Lipinski definition) is 0. The van der Waals surface area contributed by atoms with E-state index in [2.05, 4.69) is 25.9 Å². The number of aromatic nitrogens is 2. The normalized spacial score (nSPS) is 10.9. The van der Waals surface area contributed by atoms with E-state index < -0.39 is 5.82 Å². The molecule has 1 aromatic heterocycles. The van der Waals surface area contributed by atoms with Crippen LogP contribution in [0.1, 0.15) is 5.82 Å². The van der Waals surface area contributed by atoms with Gasteiger partial charge in [0.25, 0.3) is 0 Å². The van der Waals surface area contributed by atoms with Crippen LogP contribution in [0, 0.1) is 12.7 Å². The van der Waals surface area contributed by atoms with Crippen LogP contribution < -0.4 is 0 Å². The summed E-state index contributed by atoms with van der Waals surface area (Å²) < 4.78 is 14.1. The molecule has 0 radical (unpaired) electrons. The molecule has 0 unspecified atom stereocenters. The number of fused-ring (bicyclic) bond motifs is 1. The largest absolute Gasteiger partial charge is 0.230 e. The number of halogens is 3. The Morgan fingerprint density at radius 1 is 1.36 bits per heavy atom. The molecule has 14 heavy (non-hydrogen) atoms. The molecule has 1 heterocycles. The zero-order valence-corrected chi connectivity index (χ0v) is 9.52.